The van der Waals surface area contributed by atoms with E-state index in [2.05, 4.69) is 20.4 Å². The van der Waals surface area contributed by atoms with Gasteiger partial charge in [-0.3, -0.25) is 14.5 Å². The molecule has 0 saturated heterocycles. The Morgan fingerprint density at radius 1 is 1.20 bits per heavy atom. The summed E-state index contributed by atoms with van der Waals surface area (Å²) < 4.78 is 19.0. The molecular formula is C26H32FN5O3. The summed E-state index contributed by atoms with van der Waals surface area (Å²) in [4.78, 5) is 35.1. The van der Waals surface area contributed by atoms with E-state index in [4.69, 9.17) is 4.52 Å². The van der Waals surface area contributed by atoms with Crippen molar-refractivity contribution < 1.29 is 18.5 Å². The van der Waals surface area contributed by atoms with Gasteiger partial charge in [0.2, 0.25) is 5.91 Å². The number of ketones is 1. The highest BCUT2D eigenvalue weighted by molar-refractivity contribution is 5.93. The molecule has 3 aromatic rings. The van der Waals surface area contributed by atoms with Crippen LogP contribution in [0.2, 0.25) is 0 Å². The number of halogens is 1. The summed E-state index contributed by atoms with van der Waals surface area (Å²) in [6.07, 6.45) is 9.03. The number of carbonyl (C=O) groups is 2. The fourth-order valence-electron chi connectivity index (χ4n) is 4.58. The van der Waals surface area contributed by atoms with Crippen LogP contribution in [0.4, 0.5) is 4.39 Å². The van der Waals surface area contributed by atoms with Gasteiger partial charge in [-0.05, 0) is 58.3 Å². The molecule has 0 spiro atoms. The lowest BCUT2D eigenvalue weighted by Gasteiger charge is -2.46. The number of likely N-dealkylation sites (N-methyl/N-ethyl adjacent to an activating group) is 1. The van der Waals surface area contributed by atoms with E-state index in [0.717, 1.165) is 32.1 Å². The van der Waals surface area contributed by atoms with Crippen molar-refractivity contribution in [2.45, 2.75) is 62.9 Å². The Hall–Kier alpha value is -3.33. The molecule has 2 heterocycles. The van der Waals surface area contributed by atoms with Gasteiger partial charge in [-0.15, -0.1) is 0 Å². The van der Waals surface area contributed by atoms with Crippen molar-refractivity contribution in [3.8, 4) is 11.3 Å². The van der Waals surface area contributed by atoms with Gasteiger partial charge in [0.15, 0.2) is 5.78 Å². The van der Waals surface area contributed by atoms with Gasteiger partial charge >= 0.3 is 0 Å². The van der Waals surface area contributed by atoms with Crippen molar-refractivity contribution >= 4 is 11.7 Å². The predicted molar refractivity (Wildman–Crippen MR) is 129 cm³/mol. The number of hydrogen-bond acceptors (Lipinski definition) is 6. The summed E-state index contributed by atoms with van der Waals surface area (Å²) in [5.41, 5.74) is 0.859. The van der Waals surface area contributed by atoms with Crippen molar-refractivity contribution in [3.05, 3.63) is 60.1 Å². The van der Waals surface area contributed by atoms with Crippen molar-refractivity contribution in [2.24, 2.45) is 0 Å². The van der Waals surface area contributed by atoms with Gasteiger partial charge in [0.1, 0.15) is 23.6 Å². The summed E-state index contributed by atoms with van der Waals surface area (Å²) in [7, 11) is 3.87. The molecule has 0 aliphatic heterocycles. The average molecular weight is 482 g/mol. The van der Waals surface area contributed by atoms with Crippen LogP contribution in [0.5, 0.6) is 0 Å². The number of nitrogens with zero attached hydrogens (tertiary/aromatic N) is 3. The Kier molecular flexibility index (Phi) is 7.75. The van der Waals surface area contributed by atoms with Crippen LogP contribution in [0, 0.1) is 5.82 Å². The van der Waals surface area contributed by atoms with Crippen LogP contribution in [-0.4, -0.2) is 51.3 Å². The van der Waals surface area contributed by atoms with Crippen LogP contribution in [0.1, 0.15) is 73.7 Å². The zero-order valence-corrected chi connectivity index (χ0v) is 20.2. The Balaban J connectivity index is 1.42. The number of amides is 1. The van der Waals surface area contributed by atoms with E-state index in [0.29, 0.717) is 42.0 Å². The van der Waals surface area contributed by atoms with Crippen molar-refractivity contribution in [1.29, 1.82) is 0 Å². The number of hydrogen-bond donors (Lipinski definition) is 2. The predicted octanol–water partition coefficient (Wildman–Crippen LogP) is 4.68. The number of aromatic amines is 1. The first kappa shape index (κ1) is 24.8. The van der Waals surface area contributed by atoms with Gasteiger partial charge in [-0.25, -0.2) is 9.37 Å². The topological polar surface area (TPSA) is 104 Å². The molecule has 35 heavy (non-hydrogen) atoms. The first-order chi connectivity index (χ1) is 16.9. The molecule has 1 aliphatic carbocycles. The van der Waals surface area contributed by atoms with E-state index in [9.17, 15) is 14.0 Å². The minimum absolute atomic E-state index is 0.0104. The maximum absolute atomic E-state index is 14.3. The Morgan fingerprint density at radius 3 is 2.66 bits per heavy atom. The largest absolute Gasteiger partial charge is 0.364 e. The quantitative estimate of drug-likeness (QED) is 0.288. The molecular weight excluding hydrogens is 449 g/mol. The highest BCUT2D eigenvalue weighted by atomic mass is 19.1. The molecule has 0 bridgehead atoms. The van der Waals surface area contributed by atoms with E-state index in [1.807, 2.05) is 19.0 Å². The summed E-state index contributed by atoms with van der Waals surface area (Å²) in [6, 6.07) is 7.75. The Morgan fingerprint density at radius 2 is 2.00 bits per heavy atom. The monoisotopic (exact) mass is 481 g/mol. The summed E-state index contributed by atoms with van der Waals surface area (Å²) >= 11 is 0. The van der Waals surface area contributed by atoms with E-state index in [1.54, 1.807) is 30.5 Å². The molecule has 1 fully saturated rings. The van der Waals surface area contributed by atoms with Gasteiger partial charge in [0.05, 0.1) is 23.5 Å². The van der Waals surface area contributed by atoms with Crippen LogP contribution >= 0.6 is 0 Å². The van der Waals surface area contributed by atoms with E-state index in [1.165, 1.54) is 12.3 Å². The molecule has 1 aromatic carbocycles. The summed E-state index contributed by atoms with van der Waals surface area (Å²) in [6.45, 7) is 0. The second-order valence-corrected chi connectivity index (χ2v) is 9.37. The van der Waals surface area contributed by atoms with Crippen LogP contribution in [0.25, 0.3) is 11.3 Å². The molecule has 1 saturated carbocycles. The fourth-order valence-corrected chi connectivity index (χ4v) is 4.58. The third-order valence-electron chi connectivity index (χ3n) is 6.97. The average Bonchev–Trinajstić information content (AvgIpc) is 3.50. The van der Waals surface area contributed by atoms with Gasteiger partial charge < -0.3 is 14.8 Å². The van der Waals surface area contributed by atoms with Crippen molar-refractivity contribution in [2.75, 3.05) is 14.1 Å². The van der Waals surface area contributed by atoms with Crippen LogP contribution < -0.4 is 5.32 Å². The molecule has 8 nitrogen and oxygen atoms in total. The van der Waals surface area contributed by atoms with E-state index in [-0.39, 0.29) is 23.5 Å². The molecule has 1 aliphatic rings. The lowest BCUT2D eigenvalue weighted by molar-refractivity contribution is -0.138. The van der Waals surface area contributed by atoms with Crippen LogP contribution in [0.3, 0.4) is 0 Å². The Bertz CT molecular complexity index is 1140. The number of Topliss-reactive ketones (excluding diaryl/α,β-unsaturated/α-hetero) is 1. The third-order valence-corrected chi connectivity index (χ3v) is 6.97. The zero-order chi connectivity index (χ0) is 24.8. The van der Waals surface area contributed by atoms with E-state index >= 15 is 0 Å². The second-order valence-electron chi connectivity index (χ2n) is 9.37. The molecule has 9 heteroatoms. The van der Waals surface area contributed by atoms with Crippen molar-refractivity contribution in [1.82, 2.24) is 25.3 Å². The van der Waals surface area contributed by atoms with Gasteiger partial charge in [0.25, 0.3) is 0 Å². The second kappa shape index (κ2) is 10.9. The standard InChI is InChI=1S/C26H32FN5O3/c1-32(2)26(14-8-15-26)25(34)30-21(11-4-3-5-12-23(33)20-13-16-35-31-20)24-28-17-22(29-24)18-9-6-7-10-19(18)27/h6-7,9-10,13,16-17,21H,3-5,8,11-12,14-15H2,1-2H3,(H,28,29)(H,30,34)/t21-/m0/s1. The number of unbranched alkanes of at least 4 members (excludes halogenated alkanes) is 2. The normalized spacial score (nSPS) is 15.5. The third kappa shape index (κ3) is 5.51. The number of rotatable bonds is 12. The molecule has 0 radical (unpaired) electrons. The molecule has 1 atom stereocenters. The minimum Gasteiger partial charge on any atom is -0.364 e. The maximum atomic E-state index is 14.3. The molecule has 0 unspecified atom stereocenters. The SMILES string of the molecule is CN(C)C1(C(=O)N[C@@H](CCCCCC(=O)c2ccon2)c2ncc(-c3ccccc3F)[nH]2)CCC1. The minimum atomic E-state index is -0.497. The molecule has 1 amide bonds. The number of aromatic nitrogens is 3. The molecule has 186 valence electrons. The number of imidazole rings is 1. The first-order valence-corrected chi connectivity index (χ1v) is 12.1. The van der Waals surface area contributed by atoms with Crippen LogP contribution in [-0.2, 0) is 4.79 Å². The van der Waals surface area contributed by atoms with Crippen molar-refractivity contribution in [3.63, 3.8) is 0 Å². The molecule has 4 rings (SSSR count). The summed E-state index contributed by atoms with van der Waals surface area (Å²) in [5, 5.41) is 6.89. The first-order valence-electron chi connectivity index (χ1n) is 12.1. The highest BCUT2D eigenvalue weighted by Gasteiger charge is 2.46. The highest BCUT2D eigenvalue weighted by Crippen LogP contribution is 2.37. The fraction of sp³-hybridized carbons (Fsp3) is 0.462. The van der Waals surface area contributed by atoms with Gasteiger partial charge in [-0.1, -0.05) is 30.1 Å². The number of nitrogens with one attached hydrogen (secondary N) is 2. The smallest absolute Gasteiger partial charge is 0.241 e. The maximum Gasteiger partial charge on any atom is 0.241 e. The Labute approximate surface area is 204 Å². The van der Waals surface area contributed by atoms with Crippen LogP contribution in [0.15, 0.2) is 47.3 Å². The molecule has 2 aromatic heterocycles. The summed E-state index contributed by atoms with van der Waals surface area (Å²) in [5.74, 6) is 0.218. The lowest BCUT2D eigenvalue weighted by Crippen LogP contribution is -2.60. The number of carbonyl (C=O) groups excluding carboxylic acids is 2. The number of benzene rings is 1. The zero-order valence-electron chi connectivity index (χ0n) is 20.2. The van der Waals surface area contributed by atoms with Gasteiger partial charge in [-0.2, -0.15) is 0 Å². The van der Waals surface area contributed by atoms with Gasteiger partial charge in [0, 0.05) is 18.1 Å². The van der Waals surface area contributed by atoms with E-state index < -0.39 is 5.54 Å². The number of H-pyrrole nitrogens is 1. The molecule has 2 N–H and O–H groups in total. The lowest BCUT2D eigenvalue weighted by atomic mass is 9.74.